The number of carbonyl (C=O) groups excluding carboxylic acids is 1. The fourth-order valence-corrected chi connectivity index (χ4v) is 5.21. The van der Waals surface area contributed by atoms with Crippen LogP contribution in [0.1, 0.15) is 12.5 Å². The smallest absolute Gasteiger partial charge is 0.310 e. The molecule has 3 nitrogen and oxygen atoms in total. The molecule has 0 amide bonds. The SMILES string of the molecule is CCOC(=O)Cc1cc(Sc2ccc(OC)cc2)sc1-c1ccc(Cl)c(Cl)c1. The summed E-state index contributed by atoms with van der Waals surface area (Å²) in [6.07, 6.45) is 0.211. The Morgan fingerprint density at radius 2 is 1.82 bits per heavy atom. The highest BCUT2D eigenvalue weighted by Crippen LogP contribution is 2.42. The summed E-state index contributed by atoms with van der Waals surface area (Å²) < 4.78 is 11.4. The summed E-state index contributed by atoms with van der Waals surface area (Å²) in [7, 11) is 1.65. The second kappa shape index (κ2) is 9.70. The Bertz CT molecular complexity index is 968. The highest BCUT2D eigenvalue weighted by Gasteiger charge is 2.17. The van der Waals surface area contributed by atoms with Crippen molar-refractivity contribution in [3.8, 4) is 16.2 Å². The lowest BCUT2D eigenvalue weighted by molar-refractivity contribution is -0.142. The quantitative estimate of drug-likeness (QED) is 0.361. The molecule has 1 aromatic heterocycles. The zero-order valence-corrected chi connectivity index (χ0v) is 18.5. The zero-order chi connectivity index (χ0) is 20.1. The Balaban J connectivity index is 1.93. The highest BCUT2D eigenvalue weighted by atomic mass is 35.5. The number of hydrogen-bond donors (Lipinski definition) is 0. The van der Waals surface area contributed by atoms with Crippen LogP contribution in [0.5, 0.6) is 5.75 Å². The summed E-state index contributed by atoms with van der Waals surface area (Å²) in [4.78, 5) is 14.1. The van der Waals surface area contributed by atoms with Crippen molar-refractivity contribution < 1.29 is 14.3 Å². The maximum absolute atomic E-state index is 12.1. The molecule has 0 spiro atoms. The largest absolute Gasteiger partial charge is 0.497 e. The normalized spacial score (nSPS) is 10.7. The standard InChI is InChI=1S/C21H18Cl2O3S2/c1-3-26-19(24)11-14-12-20(27-16-7-5-15(25-2)6-8-16)28-21(14)13-4-9-17(22)18(23)10-13/h4-10,12H,3,11H2,1-2H3. The van der Waals surface area contributed by atoms with E-state index in [2.05, 4.69) is 0 Å². The first-order valence-electron chi connectivity index (χ1n) is 8.55. The number of halogens is 2. The van der Waals surface area contributed by atoms with Gasteiger partial charge in [0.2, 0.25) is 0 Å². The molecular formula is C21H18Cl2O3S2. The second-order valence-electron chi connectivity index (χ2n) is 5.81. The number of esters is 1. The summed E-state index contributed by atoms with van der Waals surface area (Å²) in [6, 6.07) is 15.4. The Labute approximate surface area is 182 Å². The molecule has 0 N–H and O–H groups in total. The molecule has 0 bridgehead atoms. The number of rotatable bonds is 7. The van der Waals surface area contributed by atoms with Crippen molar-refractivity contribution >= 4 is 52.3 Å². The van der Waals surface area contributed by atoms with Gasteiger partial charge in [0.15, 0.2) is 0 Å². The Kier molecular flexibility index (Phi) is 7.30. The van der Waals surface area contributed by atoms with Crippen LogP contribution >= 0.6 is 46.3 Å². The molecule has 0 saturated carbocycles. The molecule has 0 fully saturated rings. The molecule has 2 aromatic carbocycles. The monoisotopic (exact) mass is 452 g/mol. The van der Waals surface area contributed by atoms with Gasteiger partial charge >= 0.3 is 5.97 Å². The number of methoxy groups -OCH3 is 1. The number of thiophene rings is 1. The first-order valence-corrected chi connectivity index (χ1v) is 10.9. The third-order valence-corrected chi connectivity index (χ3v) is 6.97. The lowest BCUT2D eigenvalue weighted by atomic mass is 10.1. The minimum Gasteiger partial charge on any atom is -0.497 e. The predicted molar refractivity (Wildman–Crippen MR) is 117 cm³/mol. The third-order valence-electron chi connectivity index (χ3n) is 3.89. The predicted octanol–water partition coefficient (Wildman–Crippen LogP) is 6.99. The van der Waals surface area contributed by atoms with Gasteiger partial charge in [0, 0.05) is 9.77 Å². The highest BCUT2D eigenvalue weighted by molar-refractivity contribution is 8.01. The molecule has 0 radical (unpaired) electrons. The van der Waals surface area contributed by atoms with Crippen molar-refractivity contribution in [3.05, 3.63) is 64.1 Å². The zero-order valence-electron chi connectivity index (χ0n) is 15.3. The molecule has 0 atom stereocenters. The summed E-state index contributed by atoms with van der Waals surface area (Å²) in [5, 5.41) is 0.987. The lowest BCUT2D eigenvalue weighted by Crippen LogP contribution is -2.07. The topological polar surface area (TPSA) is 35.5 Å². The van der Waals surface area contributed by atoms with E-state index in [0.717, 1.165) is 30.9 Å². The molecule has 3 rings (SSSR count). The van der Waals surface area contributed by atoms with Crippen LogP contribution < -0.4 is 4.74 Å². The van der Waals surface area contributed by atoms with Crippen LogP contribution in [0.3, 0.4) is 0 Å². The summed E-state index contributed by atoms with van der Waals surface area (Å²) in [5.74, 6) is 0.567. The Morgan fingerprint density at radius 1 is 1.07 bits per heavy atom. The van der Waals surface area contributed by atoms with Gasteiger partial charge in [0.25, 0.3) is 0 Å². The molecule has 3 aromatic rings. The van der Waals surface area contributed by atoms with Crippen molar-refractivity contribution in [2.45, 2.75) is 22.4 Å². The first kappa shape index (κ1) is 21.1. The Morgan fingerprint density at radius 3 is 2.46 bits per heavy atom. The van der Waals surface area contributed by atoms with E-state index in [1.54, 1.807) is 43.2 Å². The van der Waals surface area contributed by atoms with Gasteiger partial charge in [0.1, 0.15) is 5.75 Å². The van der Waals surface area contributed by atoms with Crippen LogP contribution in [0, 0.1) is 0 Å². The van der Waals surface area contributed by atoms with Gasteiger partial charge in [-0.3, -0.25) is 4.79 Å². The van der Waals surface area contributed by atoms with Crippen LogP contribution in [0.25, 0.3) is 10.4 Å². The molecule has 28 heavy (non-hydrogen) atoms. The summed E-state index contributed by atoms with van der Waals surface area (Å²) in [6.45, 7) is 2.16. The van der Waals surface area contributed by atoms with Crippen molar-refractivity contribution in [1.82, 2.24) is 0 Å². The van der Waals surface area contributed by atoms with Gasteiger partial charge < -0.3 is 9.47 Å². The average molecular weight is 453 g/mol. The number of hydrogen-bond acceptors (Lipinski definition) is 5. The number of ether oxygens (including phenoxy) is 2. The van der Waals surface area contributed by atoms with E-state index >= 15 is 0 Å². The van der Waals surface area contributed by atoms with Gasteiger partial charge in [-0.1, -0.05) is 41.0 Å². The molecule has 0 aliphatic rings. The van der Waals surface area contributed by atoms with Gasteiger partial charge in [-0.25, -0.2) is 0 Å². The van der Waals surface area contributed by atoms with E-state index in [-0.39, 0.29) is 12.4 Å². The van der Waals surface area contributed by atoms with Crippen LogP contribution in [-0.2, 0) is 16.0 Å². The molecule has 0 aliphatic heterocycles. The van der Waals surface area contributed by atoms with E-state index < -0.39 is 0 Å². The Hall–Kier alpha value is -1.66. The van der Waals surface area contributed by atoms with Gasteiger partial charge in [0.05, 0.1) is 34.4 Å². The summed E-state index contributed by atoms with van der Waals surface area (Å²) in [5.41, 5.74) is 1.85. The van der Waals surface area contributed by atoms with Crippen molar-refractivity contribution in [3.63, 3.8) is 0 Å². The van der Waals surface area contributed by atoms with E-state index in [0.29, 0.717) is 16.7 Å². The fourth-order valence-electron chi connectivity index (χ4n) is 2.59. The molecule has 0 unspecified atom stereocenters. The second-order valence-corrected chi connectivity index (χ2v) is 9.05. The average Bonchev–Trinajstić information content (AvgIpc) is 3.06. The van der Waals surface area contributed by atoms with Crippen LogP contribution in [0.2, 0.25) is 10.0 Å². The minimum absolute atomic E-state index is 0.211. The van der Waals surface area contributed by atoms with E-state index in [4.69, 9.17) is 32.7 Å². The molecular weight excluding hydrogens is 435 g/mol. The molecule has 7 heteroatoms. The van der Waals surface area contributed by atoms with Gasteiger partial charge in [-0.15, -0.1) is 11.3 Å². The van der Waals surface area contributed by atoms with E-state index in [1.807, 2.05) is 42.5 Å². The summed E-state index contributed by atoms with van der Waals surface area (Å²) >= 11 is 15.5. The van der Waals surface area contributed by atoms with E-state index in [1.165, 1.54) is 0 Å². The van der Waals surface area contributed by atoms with Crippen LogP contribution in [0.15, 0.2) is 57.6 Å². The van der Waals surface area contributed by atoms with Gasteiger partial charge in [-0.2, -0.15) is 0 Å². The van der Waals surface area contributed by atoms with Crippen molar-refractivity contribution in [1.29, 1.82) is 0 Å². The first-order chi connectivity index (χ1) is 13.5. The molecule has 0 aliphatic carbocycles. The number of benzene rings is 2. The van der Waals surface area contributed by atoms with Crippen LogP contribution in [-0.4, -0.2) is 19.7 Å². The number of carbonyl (C=O) groups is 1. The van der Waals surface area contributed by atoms with Gasteiger partial charge in [-0.05, 0) is 60.5 Å². The molecule has 0 saturated heterocycles. The van der Waals surface area contributed by atoms with Crippen LogP contribution in [0.4, 0.5) is 0 Å². The maximum Gasteiger partial charge on any atom is 0.310 e. The molecule has 1 heterocycles. The van der Waals surface area contributed by atoms with E-state index in [9.17, 15) is 4.79 Å². The minimum atomic E-state index is -0.248. The maximum atomic E-state index is 12.1. The van der Waals surface area contributed by atoms with Crippen molar-refractivity contribution in [2.75, 3.05) is 13.7 Å². The van der Waals surface area contributed by atoms with Crippen molar-refractivity contribution in [2.24, 2.45) is 0 Å². The lowest BCUT2D eigenvalue weighted by Gasteiger charge is -2.05. The fraction of sp³-hybridized carbons (Fsp3) is 0.190. The molecule has 146 valence electrons. The third kappa shape index (κ3) is 5.23.